The predicted octanol–water partition coefficient (Wildman–Crippen LogP) is 3.02. The van der Waals surface area contributed by atoms with Crippen molar-refractivity contribution in [1.82, 2.24) is 0 Å². The summed E-state index contributed by atoms with van der Waals surface area (Å²) in [7, 11) is 1.84. The largest absolute Gasteiger partial charge is 0.415 e. The van der Waals surface area contributed by atoms with E-state index in [-0.39, 0.29) is 16.7 Å². The molecule has 0 aliphatic carbocycles. The highest BCUT2D eigenvalue weighted by Crippen LogP contribution is 2.39. The molecule has 0 radical (unpaired) electrons. The van der Waals surface area contributed by atoms with E-state index < -0.39 is 0 Å². The topological polar surface area (TPSA) is 20.1 Å². The van der Waals surface area contributed by atoms with Crippen molar-refractivity contribution in [3.8, 4) is 0 Å². The number of hydrogen-bond acceptors (Lipinski definition) is 1. The van der Waals surface area contributed by atoms with Gasteiger partial charge in [-0.2, -0.15) is 4.58 Å². The lowest BCUT2D eigenvalue weighted by Crippen LogP contribution is -2.34. The number of hydrogen-bond donors (Lipinski definition) is 0. The van der Waals surface area contributed by atoms with Crippen LogP contribution in [0.4, 0.5) is 0 Å². The van der Waals surface area contributed by atoms with Crippen LogP contribution in [0.1, 0.15) is 48.0 Å². The molecule has 1 aliphatic heterocycles. The summed E-state index contributed by atoms with van der Waals surface area (Å²) >= 11 is 0. The fourth-order valence-corrected chi connectivity index (χ4v) is 2.17. The summed E-state index contributed by atoms with van der Waals surface area (Å²) in [5.41, 5.74) is 2.26. The van der Waals surface area contributed by atoms with Gasteiger partial charge in [0, 0.05) is 6.42 Å². The van der Waals surface area contributed by atoms with Gasteiger partial charge >= 0.3 is 5.91 Å². The van der Waals surface area contributed by atoms with E-state index >= 15 is 0 Å². The van der Waals surface area contributed by atoms with Gasteiger partial charge in [-0.05, 0) is 16.4 Å². The molecule has 2 heteroatoms. The minimum absolute atomic E-state index is 0.0655. The lowest BCUT2D eigenvalue weighted by molar-refractivity contribution is -0.412. The van der Waals surface area contributed by atoms with Crippen LogP contribution in [0.15, 0.2) is 11.1 Å². The van der Waals surface area contributed by atoms with E-state index in [0.29, 0.717) is 0 Å². The Hall–Kier alpha value is -0.920. The van der Waals surface area contributed by atoms with Crippen LogP contribution in [0, 0.1) is 10.8 Å². The van der Waals surface area contributed by atoms with E-state index in [1.54, 1.807) is 4.58 Å². The molecule has 1 rings (SSSR count). The molecule has 0 N–H and O–H groups in total. The number of rotatable bonds is 0. The molecule has 16 heavy (non-hydrogen) atoms. The zero-order valence-corrected chi connectivity index (χ0v) is 11.6. The third-order valence-corrected chi connectivity index (χ3v) is 3.06. The van der Waals surface area contributed by atoms with Crippen LogP contribution < -0.4 is 0 Å². The first kappa shape index (κ1) is 13.1. The van der Waals surface area contributed by atoms with Crippen molar-refractivity contribution in [1.29, 1.82) is 0 Å². The second-order valence-electron chi connectivity index (χ2n) is 6.66. The smallest absolute Gasteiger partial charge is 0.215 e. The third kappa shape index (κ3) is 2.42. The number of likely N-dealkylation sites (N-methyl/N-ethyl adjacent to an activating group) is 1. The summed E-state index contributed by atoms with van der Waals surface area (Å²) in [4.78, 5) is 12.3. The summed E-state index contributed by atoms with van der Waals surface area (Å²) in [5.74, 6) is 0.156. The Labute approximate surface area is 99.1 Å². The highest BCUT2D eigenvalue weighted by molar-refractivity contribution is 5.94. The van der Waals surface area contributed by atoms with Crippen LogP contribution in [0.3, 0.4) is 0 Å². The van der Waals surface area contributed by atoms with Gasteiger partial charge in [0.2, 0.25) is 0 Å². The van der Waals surface area contributed by atoms with E-state index in [0.717, 1.165) is 12.0 Å². The maximum absolute atomic E-state index is 12.3. The van der Waals surface area contributed by atoms with Gasteiger partial charge < -0.3 is 0 Å². The van der Waals surface area contributed by atoms with Crippen molar-refractivity contribution in [2.45, 2.75) is 48.0 Å². The molecule has 0 bridgehead atoms. The quantitative estimate of drug-likeness (QED) is 0.577. The molecule has 1 heterocycles. The van der Waals surface area contributed by atoms with Gasteiger partial charge in [-0.3, -0.25) is 0 Å². The van der Waals surface area contributed by atoms with E-state index in [1.165, 1.54) is 5.57 Å². The summed E-state index contributed by atoms with van der Waals surface area (Å²) in [6.45, 7) is 12.9. The zero-order valence-electron chi connectivity index (χ0n) is 11.6. The fraction of sp³-hybridized carbons (Fsp3) is 0.714. The number of amides is 1. The Morgan fingerprint density at radius 3 is 1.94 bits per heavy atom. The molecule has 0 aromatic carbocycles. The second kappa shape index (κ2) is 3.83. The van der Waals surface area contributed by atoms with Crippen molar-refractivity contribution < 1.29 is 9.37 Å². The summed E-state index contributed by atoms with van der Waals surface area (Å²) in [6.07, 6.45) is 2.87. The standard InChI is InChI=1S/C14H24NO/c1-13(2,3)10-8-9-15(7)12(16)11(10)14(4,5)6/h9H,8H2,1-7H3/q+1. The molecule has 0 saturated carbocycles. The van der Waals surface area contributed by atoms with E-state index in [9.17, 15) is 4.79 Å². The monoisotopic (exact) mass is 222 g/mol. The molecule has 0 fully saturated rings. The molecular weight excluding hydrogens is 198 g/mol. The van der Waals surface area contributed by atoms with Crippen LogP contribution in [0.25, 0.3) is 0 Å². The van der Waals surface area contributed by atoms with Crippen molar-refractivity contribution >= 4 is 12.1 Å². The van der Waals surface area contributed by atoms with Crippen LogP contribution in [-0.4, -0.2) is 23.7 Å². The molecule has 0 spiro atoms. The third-order valence-electron chi connectivity index (χ3n) is 3.06. The van der Waals surface area contributed by atoms with Crippen LogP contribution in [0.2, 0.25) is 0 Å². The predicted molar refractivity (Wildman–Crippen MR) is 67.8 cm³/mol. The lowest BCUT2D eigenvalue weighted by Gasteiger charge is -2.31. The average molecular weight is 222 g/mol. The first-order valence-electron chi connectivity index (χ1n) is 5.89. The summed E-state index contributed by atoms with van der Waals surface area (Å²) in [5, 5.41) is 0. The van der Waals surface area contributed by atoms with Crippen LogP contribution in [0.5, 0.6) is 0 Å². The number of nitrogens with zero attached hydrogens (tertiary/aromatic N) is 1. The first-order chi connectivity index (χ1) is 7.05. The molecule has 0 saturated heterocycles. The fourth-order valence-electron chi connectivity index (χ4n) is 2.17. The number of carbonyl (C=O) groups is 1. The van der Waals surface area contributed by atoms with Crippen molar-refractivity contribution in [2.75, 3.05) is 7.05 Å². The van der Waals surface area contributed by atoms with Crippen molar-refractivity contribution in [3.05, 3.63) is 11.1 Å². The Bertz CT molecular complexity index is 373. The van der Waals surface area contributed by atoms with Crippen LogP contribution in [-0.2, 0) is 4.79 Å². The lowest BCUT2D eigenvalue weighted by atomic mass is 9.72. The Morgan fingerprint density at radius 1 is 1.06 bits per heavy atom. The van der Waals surface area contributed by atoms with Crippen LogP contribution >= 0.6 is 0 Å². The molecule has 1 amide bonds. The zero-order chi connectivity index (χ0) is 12.7. The van der Waals surface area contributed by atoms with E-state index in [4.69, 9.17) is 0 Å². The van der Waals surface area contributed by atoms with Crippen molar-refractivity contribution in [2.24, 2.45) is 10.8 Å². The van der Waals surface area contributed by atoms with Gasteiger partial charge in [0.25, 0.3) is 0 Å². The minimum Gasteiger partial charge on any atom is -0.215 e. The van der Waals surface area contributed by atoms with Gasteiger partial charge in [0.1, 0.15) is 7.05 Å². The summed E-state index contributed by atoms with van der Waals surface area (Å²) < 4.78 is 1.72. The minimum atomic E-state index is -0.0811. The molecule has 90 valence electrons. The Kier molecular flexibility index (Phi) is 3.15. The number of carbonyl (C=O) groups excluding carboxylic acids is 1. The van der Waals surface area contributed by atoms with E-state index in [1.807, 2.05) is 13.3 Å². The van der Waals surface area contributed by atoms with E-state index in [2.05, 4.69) is 41.5 Å². The highest BCUT2D eigenvalue weighted by Gasteiger charge is 2.39. The molecule has 0 aromatic heterocycles. The second-order valence-corrected chi connectivity index (χ2v) is 6.66. The summed E-state index contributed by atoms with van der Waals surface area (Å²) in [6, 6.07) is 0. The average Bonchev–Trinajstić information content (AvgIpc) is 2.05. The van der Waals surface area contributed by atoms with Gasteiger partial charge in [0.05, 0.1) is 5.57 Å². The molecule has 2 nitrogen and oxygen atoms in total. The molecular formula is C14H24NO+. The Morgan fingerprint density at radius 2 is 1.56 bits per heavy atom. The van der Waals surface area contributed by atoms with Crippen molar-refractivity contribution in [3.63, 3.8) is 0 Å². The molecule has 0 atom stereocenters. The van der Waals surface area contributed by atoms with Gasteiger partial charge in [-0.15, -0.1) is 0 Å². The first-order valence-corrected chi connectivity index (χ1v) is 5.89. The normalized spacial score (nSPS) is 18.9. The maximum atomic E-state index is 12.3. The van der Waals surface area contributed by atoms with Gasteiger partial charge in [-0.25, -0.2) is 4.79 Å². The highest BCUT2D eigenvalue weighted by atomic mass is 16.2. The van der Waals surface area contributed by atoms with Gasteiger partial charge in [-0.1, -0.05) is 41.5 Å². The molecule has 0 aromatic rings. The molecule has 1 aliphatic rings. The maximum Gasteiger partial charge on any atom is 0.415 e. The van der Waals surface area contributed by atoms with Gasteiger partial charge in [0.15, 0.2) is 6.21 Å². The number of allylic oxidation sites excluding steroid dienone is 1. The molecule has 0 unspecified atom stereocenters. The SMILES string of the molecule is C[N+]1=CCC(C(C)(C)C)=C(C(C)(C)C)C1=O. The Balaban J connectivity index is 3.38.